The summed E-state index contributed by atoms with van der Waals surface area (Å²) in [6.45, 7) is 5.81. The van der Waals surface area contributed by atoms with Gasteiger partial charge in [-0.25, -0.2) is 9.59 Å². The number of aryl methyl sites for hydroxylation is 3. The molecule has 0 amide bonds. The third-order valence-corrected chi connectivity index (χ3v) is 13.8. The van der Waals surface area contributed by atoms with Crippen molar-refractivity contribution in [3.63, 3.8) is 0 Å². The molecule has 0 saturated heterocycles. The molecule has 0 fully saturated rings. The van der Waals surface area contributed by atoms with Crippen molar-refractivity contribution in [1.82, 2.24) is 0 Å². The molecule has 5 aromatic carbocycles. The summed E-state index contributed by atoms with van der Waals surface area (Å²) in [7, 11) is 1.55. The number of carbonyl (C=O) groups is 2. The van der Waals surface area contributed by atoms with E-state index >= 15 is 0 Å². The first-order chi connectivity index (χ1) is 33.0. The summed E-state index contributed by atoms with van der Waals surface area (Å²) in [5, 5.41) is 10.4. The lowest BCUT2D eigenvalue weighted by Gasteiger charge is -2.45. The summed E-state index contributed by atoms with van der Waals surface area (Å²) in [4.78, 5) is 43.6. The molecule has 68 heavy (non-hydrogen) atoms. The van der Waals surface area contributed by atoms with Crippen LogP contribution in [0.5, 0.6) is 5.75 Å². The predicted octanol–water partition coefficient (Wildman–Crippen LogP) is 11.3. The summed E-state index contributed by atoms with van der Waals surface area (Å²) in [5.41, 5.74) is 7.56. The number of aliphatic hydroxyl groups is 1. The lowest BCUT2D eigenvalue weighted by atomic mass is 9.82. The van der Waals surface area contributed by atoms with Crippen molar-refractivity contribution in [2.75, 3.05) is 20.3 Å². The van der Waals surface area contributed by atoms with Crippen LogP contribution in [-0.2, 0) is 55.9 Å². The fourth-order valence-corrected chi connectivity index (χ4v) is 10.1. The van der Waals surface area contributed by atoms with Crippen molar-refractivity contribution < 1.29 is 38.1 Å². The highest BCUT2D eigenvalue weighted by Crippen LogP contribution is 2.49. The van der Waals surface area contributed by atoms with Crippen molar-refractivity contribution in [3.8, 4) is 5.75 Å². The van der Waals surface area contributed by atoms with E-state index < -0.39 is 41.3 Å². The quantitative estimate of drug-likeness (QED) is 0.0646. The minimum Gasteiger partial charge on any atom is -0.483 e. The van der Waals surface area contributed by atoms with Gasteiger partial charge < -0.3 is 28.5 Å². The zero-order chi connectivity index (χ0) is 47.6. The van der Waals surface area contributed by atoms with Gasteiger partial charge in [-0.2, -0.15) is 0 Å². The molecule has 6 aromatic rings. The molecule has 5 atom stereocenters. The van der Waals surface area contributed by atoms with Crippen LogP contribution in [0.1, 0.15) is 116 Å². The number of fused-ring (bicyclic) bond motifs is 13. The van der Waals surface area contributed by atoms with Gasteiger partial charge in [0.1, 0.15) is 16.9 Å². The van der Waals surface area contributed by atoms with Crippen LogP contribution < -0.4 is 10.4 Å². The van der Waals surface area contributed by atoms with Gasteiger partial charge >= 0.3 is 17.6 Å². The maximum absolute atomic E-state index is 14.9. The number of aliphatic hydroxyl groups excluding tert-OH is 1. The average Bonchev–Trinajstić information content (AvgIpc) is 3.32. The van der Waals surface area contributed by atoms with Crippen LogP contribution in [0, 0.1) is 5.92 Å². The van der Waals surface area contributed by atoms with E-state index in [9.17, 15) is 19.5 Å². The van der Waals surface area contributed by atoms with Crippen LogP contribution in [0.4, 0.5) is 0 Å². The molecule has 354 valence electrons. The molecule has 1 N–H and O–H groups in total. The number of ether oxygens (including phenoxy) is 4. The first-order valence-electron chi connectivity index (χ1n) is 24.2. The van der Waals surface area contributed by atoms with E-state index in [1.54, 1.807) is 13.2 Å². The second-order valence-corrected chi connectivity index (χ2v) is 19.1. The summed E-state index contributed by atoms with van der Waals surface area (Å²) in [6.07, 6.45) is 4.04. The van der Waals surface area contributed by atoms with Gasteiger partial charge in [-0.1, -0.05) is 115 Å². The number of benzene rings is 5. The third kappa shape index (κ3) is 11.7. The largest absolute Gasteiger partial charge is 0.483 e. The molecule has 3 aliphatic rings. The van der Waals surface area contributed by atoms with Gasteiger partial charge in [0.25, 0.3) is 0 Å². The monoisotopic (exact) mass is 916 g/mol. The Kier molecular flexibility index (Phi) is 15.7. The highest BCUT2D eigenvalue weighted by Gasteiger charge is 2.52. The Hall–Kier alpha value is -6.29. The number of rotatable bonds is 14. The van der Waals surface area contributed by atoms with Crippen LogP contribution in [-0.4, -0.2) is 49.1 Å². The Balaban J connectivity index is 1.20. The van der Waals surface area contributed by atoms with Gasteiger partial charge in [0.05, 0.1) is 12.2 Å². The fourth-order valence-electron chi connectivity index (χ4n) is 10.1. The summed E-state index contributed by atoms with van der Waals surface area (Å²) in [6, 6.07) is 43.2. The first-order valence-corrected chi connectivity index (χ1v) is 24.2. The van der Waals surface area contributed by atoms with Gasteiger partial charge in [-0.3, -0.25) is 4.79 Å². The number of allylic oxidation sites excluding steroid dienone is 1. The number of hydrogen-bond acceptors (Lipinski definition) is 9. The molecular weight excluding hydrogens is 853 g/mol. The smallest absolute Gasteiger partial charge is 0.339 e. The van der Waals surface area contributed by atoms with E-state index in [4.69, 9.17) is 23.4 Å². The van der Waals surface area contributed by atoms with Crippen molar-refractivity contribution in [1.29, 1.82) is 0 Å². The summed E-state index contributed by atoms with van der Waals surface area (Å²) in [5.74, 6) is -1.09. The zero-order valence-electron chi connectivity index (χ0n) is 39.8. The molecule has 0 aliphatic carbocycles. The minimum absolute atomic E-state index is 0.0915. The molecular formula is C59H64O9. The summed E-state index contributed by atoms with van der Waals surface area (Å²) < 4.78 is 32.1. The van der Waals surface area contributed by atoms with E-state index in [0.29, 0.717) is 66.4 Å². The first kappa shape index (κ1) is 48.2. The zero-order valence-corrected chi connectivity index (χ0v) is 39.8. The van der Waals surface area contributed by atoms with Crippen LogP contribution in [0.2, 0.25) is 0 Å². The lowest BCUT2D eigenvalue weighted by Crippen LogP contribution is -2.54. The normalized spacial score (nSPS) is 20.2. The SMILES string of the molecule is COCC(CCO)c1cc2ccc3c(c2oc1=O)C1OC(=O)CC(CCc2cccc(Cc4ccccc4)c2)Cc2ccc(cc2)CCC(=C(C)C)C(=O)OC1C(C)(CCCc1ccccc1)O3. The second kappa shape index (κ2) is 22.2. The van der Waals surface area contributed by atoms with Crippen molar-refractivity contribution in [2.24, 2.45) is 5.92 Å². The average molecular weight is 917 g/mol. The van der Waals surface area contributed by atoms with Gasteiger partial charge in [-0.05, 0) is 142 Å². The van der Waals surface area contributed by atoms with Crippen LogP contribution in [0.15, 0.2) is 148 Å². The fraction of sp³-hybridized carbons (Fsp3) is 0.373. The maximum atomic E-state index is 14.9. The number of esters is 2. The van der Waals surface area contributed by atoms with Crippen LogP contribution >= 0.6 is 0 Å². The van der Waals surface area contributed by atoms with Crippen LogP contribution in [0.25, 0.3) is 11.0 Å². The molecule has 0 radical (unpaired) electrons. The van der Waals surface area contributed by atoms with Gasteiger partial charge in [0.15, 0.2) is 12.2 Å². The Labute approximate surface area is 400 Å². The maximum Gasteiger partial charge on any atom is 0.339 e. The predicted molar refractivity (Wildman–Crippen MR) is 265 cm³/mol. The van der Waals surface area contributed by atoms with E-state index in [1.807, 2.05) is 57.2 Å². The van der Waals surface area contributed by atoms with E-state index in [1.165, 1.54) is 16.7 Å². The number of methoxy groups -OCH3 is 1. The molecule has 4 heterocycles. The highest BCUT2D eigenvalue weighted by atomic mass is 16.6. The van der Waals surface area contributed by atoms with Crippen molar-refractivity contribution in [2.45, 2.75) is 115 Å². The second-order valence-electron chi connectivity index (χ2n) is 19.1. The molecule has 2 bridgehead atoms. The highest BCUT2D eigenvalue weighted by molar-refractivity contribution is 5.90. The Bertz CT molecular complexity index is 2750. The molecule has 5 unspecified atom stereocenters. The minimum atomic E-state index is -1.19. The lowest BCUT2D eigenvalue weighted by molar-refractivity contribution is -0.192. The van der Waals surface area contributed by atoms with E-state index in [-0.39, 0.29) is 31.1 Å². The Morgan fingerprint density at radius 2 is 1.47 bits per heavy atom. The molecule has 9 rings (SSSR count). The molecule has 9 heteroatoms. The third-order valence-electron chi connectivity index (χ3n) is 13.8. The van der Waals surface area contributed by atoms with Crippen LogP contribution in [0.3, 0.4) is 0 Å². The van der Waals surface area contributed by atoms with Gasteiger partial charge in [-0.15, -0.1) is 0 Å². The molecule has 3 aliphatic heterocycles. The number of carbonyl (C=O) groups excluding carboxylic acids is 2. The molecule has 0 saturated carbocycles. The summed E-state index contributed by atoms with van der Waals surface area (Å²) >= 11 is 0. The van der Waals surface area contributed by atoms with Gasteiger partial charge in [0, 0.05) is 42.6 Å². The van der Waals surface area contributed by atoms with Gasteiger partial charge in [0.2, 0.25) is 0 Å². The Morgan fingerprint density at radius 1 is 0.765 bits per heavy atom. The Morgan fingerprint density at radius 3 is 2.19 bits per heavy atom. The number of hydrogen-bond donors (Lipinski definition) is 1. The standard InChI is InChI=1S/C59H64O9/c1-39(2)49-28-26-41-20-22-44(23-21-41)35-46(25-24-43-17-11-18-45(34-43)33-42-15-9-6-10-16-42)36-52(61)65-55-53-51(29-27-47-37-50(58(63)66-54(47)53)48(30-32-60)38-64-4)68-59(3,56(55)67-57(49)62)31-12-19-40-13-7-5-8-14-40/h5-11,13-18,20-23,27,29,34,37,46,48,55-56,60H,12,19,24-26,28,30-33,35-36,38H2,1-4H3. The van der Waals surface area contributed by atoms with E-state index in [0.717, 1.165) is 47.9 Å². The van der Waals surface area contributed by atoms with Crippen molar-refractivity contribution in [3.05, 3.63) is 193 Å². The van der Waals surface area contributed by atoms with E-state index in [2.05, 4.69) is 84.9 Å². The topological polar surface area (TPSA) is 122 Å². The molecule has 1 aromatic heterocycles. The van der Waals surface area contributed by atoms with Crippen molar-refractivity contribution >= 4 is 22.9 Å². The molecule has 0 spiro atoms. The molecule has 9 nitrogen and oxygen atoms in total.